The monoisotopic (exact) mass is 465 g/mol. The zero-order valence-corrected chi connectivity index (χ0v) is 16.8. The van der Waals surface area contributed by atoms with E-state index in [-0.39, 0.29) is 18.1 Å². The minimum Gasteiger partial charge on any atom is -0.493 e. The zero-order chi connectivity index (χ0) is 34.9. The summed E-state index contributed by atoms with van der Waals surface area (Å²) in [7, 11) is -6.51. The molecule has 2 aliphatic rings. The third kappa shape index (κ3) is 3.88. The van der Waals surface area contributed by atoms with Crippen LogP contribution in [0.25, 0.3) is 10.9 Å². The van der Waals surface area contributed by atoms with Crippen molar-refractivity contribution in [3.05, 3.63) is 36.4 Å². The minimum atomic E-state index is -3.26. The van der Waals surface area contributed by atoms with Gasteiger partial charge in [-0.2, -0.15) is 4.98 Å². The van der Waals surface area contributed by atoms with Crippen molar-refractivity contribution in [2.45, 2.75) is 6.10 Å². The van der Waals surface area contributed by atoms with Crippen molar-refractivity contribution in [1.82, 2.24) is 14.9 Å². The lowest BCUT2D eigenvalue weighted by Crippen LogP contribution is -2.54. The van der Waals surface area contributed by atoms with E-state index in [9.17, 15) is 4.79 Å². The molecule has 1 fully saturated rings. The van der Waals surface area contributed by atoms with Gasteiger partial charge in [0.25, 0.3) is 5.91 Å². The summed E-state index contributed by atoms with van der Waals surface area (Å²) in [6, 6.07) is 4.57. The van der Waals surface area contributed by atoms with Crippen molar-refractivity contribution in [2.75, 3.05) is 57.4 Å². The molecular weight excluding hydrogens is 426 g/mol. The Morgan fingerprint density at radius 3 is 2.73 bits per heavy atom. The molecule has 0 bridgehead atoms. The Labute approximate surface area is 210 Å². The fourth-order valence-electron chi connectivity index (χ4n) is 3.27. The third-order valence-corrected chi connectivity index (χ3v) is 4.89. The summed E-state index contributed by atoms with van der Waals surface area (Å²) in [6.07, 6.45) is -1.39. The van der Waals surface area contributed by atoms with Crippen LogP contribution in [0.3, 0.4) is 0 Å². The number of hydrogen-bond acceptors (Lipinski definition) is 9. The normalized spacial score (nSPS) is 27.6. The van der Waals surface area contributed by atoms with E-state index in [1.54, 1.807) is 18.2 Å². The van der Waals surface area contributed by atoms with Gasteiger partial charge in [-0.1, -0.05) is 12.1 Å². The van der Waals surface area contributed by atoms with Crippen LogP contribution in [0, 0.1) is 0 Å². The Kier molecular flexibility index (Phi) is 2.67. The highest BCUT2D eigenvalue weighted by Crippen LogP contribution is 2.34. The number of carbonyl (C=O) groups excluding carboxylic acids is 1. The second-order valence-corrected chi connectivity index (χ2v) is 6.89. The first kappa shape index (κ1) is 10.3. The Bertz CT molecular complexity index is 1700. The number of rotatable bonds is 5. The molecule has 2 aromatic carbocycles. The number of carbonyl (C=O) groups is 1. The van der Waals surface area contributed by atoms with Gasteiger partial charge >= 0.3 is 0 Å². The van der Waals surface area contributed by atoms with Gasteiger partial charge in [0.1, 0.15) is 12.4 Å². The van der Waals surface area contributed by atoms with Crippen molar-refractivity contribution >= 4 is 28.6 Å². The average Bonchev–Trinajstić information content (AvgIpc) is 2.94. The maximum atomic E-state index is 13.5. The Morgan fingerprint density at radius 2 is 1.97 bits per heavy atom. The molecule has 1 atom stereocenters. The number of aromatic nitrogens is 2. The topological polar surface area (TPSA) is 112 Å². The van der Waals surface area contributed by atoms with Crippen molar-refractivity contribution in [3.63, 3.8) is 0 Å². The third-order valence-electron chi connectivity index (χ3n) is 4.89. The molecule has 10 nitrogen and oxygen atoms in total. The van der Waals surface area contributed by atoms with Gasteiger partial charge in [0.15, 0.2) is 25.8 Å². The minimum absolute atomic E-state index is 0.115. The van der Waals surface area contributed by atoms with Crippen molar-refractivity contribution < 1.29 is 43.0 Å². The van der Waals surface area contributed by atoms with Gasteiger partial charge < -0.3 is 34.5 Å². The number of hydrogen-bond donors (Lipinski definition) is 1. The molecule has 2 N–H and O–H groups in total. The maximum Gasteiger partial charge on any atom is 0.267 e. The van der Waals surface area contributed by atoms with Crippen LogP contribution < -0.4 is 29.6 Å². The number of fused-ring (bicyclic) bond motifs is 2. The number of nitrogens with two attached hydrogens (primary N) is 1. The largest absolute Gasteiger partial charge is 0.493 e. The summed E-state index contributed by atoms with van der Waals surface area (Å²) in [6.45, 7) is -7.40. The summed E-state index contributed by atoms with van der Waals surface area (Å²) in [5, 5.41) is -0.588. The first-order valence-corrected chi connectivity index (χ1v) is 9.58. The van der Waals surface area contributed by atoms with Crippen molar-refractivity contribution in [3.8, 4) is 23.0 Å². The predicted octanol–water partition coefficient (Wildman–Crippen LogP) is 1.72. The number of piperazine rings is 1. The molecule has 0 radical (unpaired) electrons. The molecule has 1 aromatic heterocycles. The molecular formula is C23H25N5O5. The van der Waals surface area contributed by atoms with Gasteiger partial charge in [0, 0.05) is 37.5 Å². The molecule has 33 heavy (non-hydrogen) atoms. The number of anilines is 2. The summed E-state index contributed by atoms with van der Waals surface area (Å²) in [5.74, 6) is -3.85. The van der Waals surface area contributed by atoms with Crippen LogP contribution in [0.15, 0.2) is 36.4 Å². The molecule has 5 rings (SSSR count). The molecule has 1 amide bonds. The van der Waals surface area contributed by atoms with Crippen LogP contribution in [-0.4, -0.2) is 73.6 Å². The average molecular weight is 466 g/mol. The highest BCUT2D eigenvalue weighted by molar-refractivity contribution is 5.91. The number of methoxy groups -OCH3 is 2. The highest BCUT2D eigenvalue weighted by Gasteiger charge is 2.33. The van der Waals surface area contributed by atoms with E-state index in [1.807, 2.05) is 0 Å². The Balaban J connectivity index is 1.58. The summed E-state index contributed by atoms with van der Waals surface area (Å²) < 4.78 is 133. The fraction of sp³-hybridized carbons (Fsp3) is 0.348. The molecule has 3 aromatic rings. The van der Waals surface area contributed by atoms with Gasteiger partial charge in [0.05, 0.1) is 36.0 Å². The second kappa shape index (κ2) is 8.53. The molecule has 0 saturated carbocycles. The first-order chi connectivity index (χ1) is 21.6. The lowest BCUT2D eigenvalue weighted by Gasteiger charge is -2.37. The van der Waals surface area contributed by atoms with Crippen LogP contribution in [0.4, 0.5) is 11.8 Å². The zero-order valence-electron chi connectivity index (χ0n) is 30.8. The van der Waals surface area contributed by atoms with E-state index in [2.05, 4.69) is 9.97 Å². The summed E-state index contributed by atoms with van der Waals surface area (Å²) in [4.78, 5) is 22.9. The lowest BCUT2D eigenvalue weighted by molar-refractivity contribution is -0.141. The number of benzene rings is 2. The number of amides is 1. The van der Waals surface area contributed by atoms with E-state index in [0.29, 0.717) is 10.6 Å². The van der Waals surface area contributed by atoms with Crippen LogP contribution in [-0.2, 0) is 4.79 Å². The smallest absolute Gasteiger partial charge is 0.267 e. The highest BCUT2D eigenvalue weighted by atomic mass is 16.6. The van der Waals surface area contributed by atoms with Crippen LogP contribution in [0.5, 0.6) is 23.0 Å². The fourth-order valence-corrected chi connectivity index (χ4v) is 3.27. The number of ether oxygens (including phenoxy) is 4. The van der Waals surface area contributed by atoms with Gasteiger partial charge in [0.2, 0.25) is 12.1 Å². The first-order valence-electron chi connectivity index (χ1n) is 16.5. The summed E-state index contributed by atoms with van der Waals surface area (Å²) >= 11 is 0. The number of nitrogen functional groups attached to an aromatic ring is 1. The van der Waals surface area contributed by atoms with E-state index < -0.39 is 98.4 Å². The quantitative estimate of drug-likeness (QED) is 0.602. The van der Waals surface area contributed by atoms with Gasteiger partial charge in [-0.3, -0.25) is 4.79 Å². The molecule has 0 aliphatic carbocycles. The van der Waals surface area contributed by atoms with Gasteiger partial charge in [-0.05, 0) is 18.2 Å². The number of nitrogens with zero attached hydrogens (tertiary/aromatic N) is 4. The SMILES string of the molecule is [2H]c1c(OC([2H])([2H])[2H])c(OC([2H])([2H])[2H])c([2H])c2c(N([2H])[2H])nc(N3CC([2H])([2H])N(C(=O)C4COc5ccccc5O4)C([2H])([2H])C3)nc12. The van der Waals surface area contributed by atoms with Crippen LogP contribution >= 0.6 is 0 Å². The Morgan fingerprint density at radius 1 is 1.21 bits per heavy atom. The lowest BCUT2D eigenvalue weighted by atomic mass is 10.2. The van der Waals surface area contributed by atoms with Crippen molar-refractivity contribution in [2.24, 2.45) is 0 Å². The van der Waals surface area contributed by atoms with Crippen molar-refractivity contribution in [1.29, 1.82) is 0 Å². The van der Waals surface area contributed by atoms with Gasteiger partial charge in [-0.15, -0.1) is 0 Å². The maximum absolute atomic E-state index is 13.5. The molecule has 172 valence electrons. The predicted molar refractivity (Wildman–Crippen MR) is 122 cm³/mol. The molecule has 0 spiro atoms. The van der Waals surface area contributed by atoms with E-state index in [1.165, 1.54) is 6.07 Å². The molecule has 1 saturated heterocycles. The summed E-state index contributed by atoms with van der Waals surface area (Å²) in [5.41, 5.74) is -0.738. The van der Waals surface area contributed by atoms with E-state index in [4.69, 9.17) is 38.2 Å². The molecule has 3 heterocycles. The number of para-hydroxylation sites is 2. The molecule has 2 aliphatic heterocycles. The molecule has 10 heteroatoms. The van der Waals surface area contributed by atoms with E-state index >= 15 is 0 Å². The van der Waals surface area contributed by atoms with Crippen LogP contribution in [0.2, 0.25) is 2.82 Å². The second-order valence-electron chi connectivity index (χ2n) is 6.89. The van der Waals surface area contributed by atoms with Crippen LogP contribution in [0.1, 0.15) is 16.4 Å². The van der Waals surface area contributed by atoms with Gasteiger partial charge in [-0.25, -0.2) is 4.98 Å². The standard InChI is InChI=1S/C23H25N5O5/c1-30-18-11-14-15(12-19(18)31-2)25-23(26-21(14)24)28-9-7-27(8-10-28)22(29)20-13-32-16-5-3-4-6-17(16)33-20/h3-6,11-12,20H,7-10,13H2,1-2H3,(H2,24,25,26)/i1D3,2D3,7D2,8D2,11D,12D/hD2. The molecule has 1 unspecified atom stereocenters. The Hall–Kier alpha value is -3.95. The van der Waals surface area contributed by atoms with E-state index in [0.717, 1.165) is 4.90 Å².